The predicted molar refractivity (Wildman–Crippen MR) is 111 cm³/mol. The van der Waals surface area contributed by atoms with Crippen molar-refractivity contribution in [2.45, 2.75) is 32.5 Å². The lowest BCUT2D eigenvalue weighted by molar-refractivity contribution is 0.0936. The molecule has 0 aliphatic rings. The van der Waals surface area contributed by atoms with Crippen LogP contribution in [-0.2, 0) is 6.54 Å². The van der Waals surface area contributed by atoms with Crippen LogP contribution in [0.15, 0.2) is 54.7 Å². The van der Waals surface area contributed by atoms with Gasteiger partial charge in [-0.15, -0.1) is 0 Å². The third kappa shape index (κ3) is 5.02. The maximum atomic E-state index is 12.4. The molecular formula is C22H21ClN4O2. The van der Waals surface area contributed by atoms with Crippen molar-refractivity contribution >= 4 is 17.5 Å². The molecular weight excluding hydrogens is 388 g/mol. The average Bonchev–Trinajstić information content (AvgIpc) is 3.16. The van der Waals surface area contributed by atoms with Crippen molar-refractivity contribution in [1.82, 2.24) is 15.1 Å². The first-order valence-corrected chi connectivity index (χ1v) is 9.57. The maximum absolute atomic E-state index is 12.4. The average molecular weight is 409 g/mol. The lowest BCUT2D eigenvalue weighted by Crippen LogP contribution is -2.35. The number of hydrogen-bond acceptors (Lipinski definition) is 4. The van der Waals surface area contributed by atoms with E-state index in [1.807, 2.05) is 25.3 Å². The summed E-state index contributed by atoms with van der Waals surface area (Å²) in [5.74, 6) is -0.180. The number of nitrogens with one attached hydrogen (secondary N) is 1. The van der Waals surface area contributed by atoms with Gasteiger partial charge in [0.2, 0.25) is 0 Å². The monoisotopic (exact) mass is 408 g/mol. The third-order valence-electron chi connectivity index (χ3n) is 4.52. The van der Waals surface area contributed by atoms with E-state index in [1.54, 1.807) is 54.1 Å². The minimum absolute atomic E-state index is 0.142. The number of carbonyl (C=O) groups excluding carboxylic acids is 1. The number of amides is 1. The molecule has 7 heteroatoms. The molecule has 1 unspecified atom stereocenters. The molecule has 0 aliphatic carbocycles. The number of carbonyl (C=O) groups is 1. The van der Waals surface area contributed by atoms with E-state index in [-0.39, 0.29) is 11.9 Å². The van der Waals surface area contributed by atoms with Crippen LogP contribution in [0.25, 0.3) is 11.3 Å². The minimum atomic E-state index is -0.564. The van der Waals surface area contributed by atoms with Crippen LogP contribution < -0.4 is 5.32 Å². The third-order valence-corrected chi connectivity index (χ3v) is 4.83. The summed E-state index contributed by atoms with van der Waals surface area (Å²) in [7, 11) is 0. The van der Waals surface area contributed by atoms with E-state index in [9.17, 15) is 9.90 Å². The summed E-state index contributed by atoms with van der Waals surface area (Å²) in [6.07, 6.45) is 1.27. The maximum Gasteiger partial charge on any atom is 0.251 e. The molecule has 0 bridgehead atoms. The molecule has 0 fully saturated rings. The predicted octanol–water partition coefficient (Wildman–Crippen LogP) is 3.95. The Morgan fingerprint density at radius 2 is 1.97 bits per heavy atom. The van der Waals surface area contributed by atoms with Crippen LogP contribution in [0.1, 0.15) is 41.4 Å². The van der Waals surface area contributed by atoms with Gasteiger partial charge in [-0.1, -0.05) is 29.8 Å². The summed E-state index contributed by atoms with van der Waals surface area (Å²) in [4.78, 5) is 12.4. The summed E-state index contributed by atoms with van der Waals surface area (Å²) >= 11 is 6.09. The van der Waals surface area contributed by atoms with Gasteiger partial charge in [0.05, 0.1) is 28.9 Å². The zero-order valence-corrected chi connectivity index (χ0v) is 16.9. The number of aliphatic hydroxyl groups excluding tert-OH is 1. The van der Waals surface area contributed by atoms with Crippen molar-refractivity contribution in [1.29, 1.82) is 5.26 Å². The van der Waals surface area contributed by atoms with Gasteiger partial charge in [-0.05, 0) is 49.7 Å². The van der Waals surface area contributed by atoms with Crippen molar-refractivity contribution in [3.05, 3.63) is 76.4 Å². The first kappa shape index (κ1) is 20.6. The summed E-state index contributed by atoms with van der Waals surface area (Å²) < 4.78 is 1.75. The van der Waals surface area contributed by atoms with Gasteiger partial charge in [-0.3, -0.25) is 9.48 Å². The Morgan fingerprint density at radius 3 is 2.59 bits per heavy atom. The van der Waals surface area contributed by atoms with Crippen LogP contribution in [0.4, 0.5) is 0 Å². The highest BCUT2D eigenvalue weighted by Crippen LogP contribution is 2.24. The van der Waals surface area contributed by atoms with Crippen molar-refractivity contribution in [2.75, 3.05) is 0 Å². The second kappa shape index (κ2) is 8.91. The summed E-state index contributed by atoms with van der Waals surface area (Å²) in [5.41, 5.74) is 3.29. The molecule has 29 heavy (non-hydrogen) atoms. The highest BCUT2D eigenvalue weighted by atomic mass is 35.5. The van der Waals surface area contributed by atoms with E-state index in [0.717, 1.165) is 16.8 Å². The van der Waals surface area contributed by atoms with Gasteiger partial charge in [-0.25, -0.2) is 0 Å². The molecule has 2 atom stereocenters. The number of hydrogen-bond donors (Lipinski definition) is 2. The zero-order valence-electron chi connectivity index (χ0n) is 16.1. The highest BCUT2D eigenvalue weighted by molar-refractivity contribution is 6.32. The van der Waals surface area contributed by atoms with Crippen molar-refractivity contribution < 1.29 is 9.90 Å². The zero-order chi connectivity index (χ0) is 21.0. The van der Waals surface area contributed by atoms with E-state index in [0.29, 0.717) is 22.7 Å². The Hall–Kier alpha value is -3.14. The largest absolute Gasteiger partial charge is 0.389 e. The molecule has 0 saturated carbocycles. The Morgan fingerprint density at radius 1 is 1.24 bits per heavy atom. The van der Waals surface area contributed by atoms with Crippen LogP contribution >= 0.6 is 11.6 Å². The lowest BCUT2D eigenvalue weighted by atomic mass is 10.1. The molecule has 2 N–H and O–H groups in total. The first-order valence-electron chi connectivity index (χ1n) is 9.19. The standard InChI is InChI=1S/C22H21ClN4O2/c1-14(25-22(29)17-5-3-16(4-6-17)15(2)28)13-27-10-9-21(26-27)18-7-8-19(12-24)20(23)11-18/h3-11,14-15,28H,13H2,1-2H3,(H,25,29)/t14-,15?/m0/s1. The molecule has 0 radical (unpaired) electrons. The molecule has 1 heterocycles. The SMILES string of the molecule is CC(O)c1ccc(C(=O)N[C@@H](C)Cn2ccc(-c3ccc(C#N)c(Cl)c3)n2)cc1. The molecule has 3 aromatic rings. The molecule has 0 saturated heterocycles. The number of nitriles is 1. The smallest absolute Gasteiger partial charge is 0.251 e. The van der Waals surface area contributed by atoms with Gasteiger partial charge in [0.15, 0.2) is 0 Å². The van der Waals surface area contributed by atoms with Crippen molar-refractivity contribution in [3.8, 4) is 17.3 Å². The van der Waals surface area contributed by atoms with E-state index >= 15 is 0 Å². The van der Waals surface area contributed by atoms with Crippen molar-refractivity contribution in [2.24, 2.45) is 0 Å². The summed E-state index contributed by atoms with van der Waals surface area (Å²) in [6.45, 7) is 4.09. The topological polar surface area (TPSA) is 90.9 Å². The van der Waals surface area contributed by atoms with E-state index in [4.69, 9.17) is 16.9 Å². The Kier molecular flexibility index (Phi) is 6.32. The van der Waals surface area contributed by atoms with E-state index < -0.39 is 6.10 Å². The number of rotatable bonds is 6. The number of halogens is 1. The summed E-state index contributed by atoms with van der Waals surface area (Å²) in [6, 6.07) is 15.8. The molecule has 2 aromatic carbocycles. The van der Waals surface area contributed by atoms with Crippen LogP contribution in [0, 0.1) is 11.3 Å². The fourth-order valence-corrected chi connectivity index (χ4v) is 3.15. The number of nitrogens with zero attached hydrogens (tertiary/aromatic N) is 3. The number of benzene rings is 2. The number of aliphatic hydroxyl groups is 1. The Balaban J connectivity index is 1.62. The quantitative estimate of drug-likeness (QED) is 0.646. The molecule has 6 nitrogen and oxygen atoms in total. The van der Waals surface area contributed by atoms with Crippen LogP contribution in [0.2, 0.25) is 5.02 Å². The number of aromatic nitrogens is 2. The molecule has 1 amide bonds. The normalized spacial score (nSPS) is 12.8. The second-order valence-corrected chi connectivity index (χ2v) is 7.31. The van der Waals surface area contributed by atoms with Crippen LogP contribution in [-0.4, -0.2) is 26.8 Å². The van der Waals surface area contributed by atoms with E-state index in [2.05, 4.69) is 10.4 Å². The Bertz CT molecular complexity index is 1050. The fourth-order valence-electron chi connectivity index (χ4n) is 2.93. The van der Waals surface area contributed by atoms with Crippen molar-refractivity contribution in [3.63, 3.8) is 0 Å². The second-order valence-electron chi connectivity index (χ2n) is 6.90. The van der Waals surface area contributed by atoms with Gasteiger partial charge in [0.25, 0.3) is 5.91 Å². The molecule has 1 aromatic heterocycles. The summed E-state index contributed by atoms with van der Waals surface area (Å²) in [5, 5.41) is 26.4. The van der Waals surface area contributed by atoms with Crippen LogP contribution in [0.5, 0.6) is 0 Å². The van der Waals surface area contributed by atoms with Gasteiger partial charge in [0.1, 0.15) is 6.07 Å². The fraction of sp³-hybridized carbons (Fsp3) is 0.227. The molecule has 3 rings (SSSR count). The first-order chi connectivity index (χ1) is 13.9. The molecule has 0 aliphatic heterocycles. The Labute approximate surface area is 174 Å². The minimum Gasteiger partial charge on any atom is -0.389 e. The van der Waals surface area contributed by atoms with Gasteiger partial charge in [-0.2, -0.15) is 10.4 Å². The lowest BCUT2D eigenvalue weighted by Gasteiger charge is -2.14. The van der Waals surface area contributed by atoms with Gasteiger partial charge >= 0.3 is 0 Å². The van der Waals surface area contributed by atoms with E-state index in [1.165, 1.54) is 0 Å². The molecule has 148 valence electrons. The van der Waals surface area contributed by atoms with Gasteiger partial charge in [0, 0.05) is 23.4 Å². The van der Waals surface area contributed by atoms with Gasteiger partial charge < -0.3 is 10.4 Å². The highest BCUT2D eigenvalue weighted by Gasteiger charge is 2.12. The molecule has 0 spiro atoms. The van der Waals surface area contributed by atoms with Crippen LogP contribution in [0.3, 0.4) is 0 Å².